The number of nitrogen functional groups attached to an aromatic ring is 1. The van der Waals surface area contributed by atoms with Crippen molar-refractivity contribution in [3.05, 3.63) is 42.5 Å². The van der Waals surface area contributed by atoms with Crippen molar-refractivity contribution in [3.8, 4) is 0 Å². The van der Waals surface area contributed by atoms with E-state index in [1.54, 1.807) is 0 Å². The lowest BCUT2D eigenvalue weighted by atomic mass is 10.1. The number of rotatable bonds is 4. The summed E-state index contributed by atoms with van der Waals surface area (Å²) < 4.78 is 0. The highest BCUT2D eigenvalue weighted by atomic mass is 16.2. The van der Waals surface area contributed by atoms with Crippen LogP contribution in [0.4, 0.5) is 5.69 Å². The van der Waals surface area contributed by atoms with Gasteiger partial charge in [-0.1, -0.05) is 18.7 Å². The molecule has 2 rings (SSSR count). The molecule has 1 saturated heterocycles. The molecule has 1 aliphatic heterocycles. The maximum atomic E-state index is 11.5. The number of amides is 1. The van der Waals surface area contributed by atoms with Crippen LogP contribution in [0.1, 0.15) is 5.56 Å². The highest BCUT2D eigenvalue weighted by Gasteiger charge is 2.18. The summed E-state index contributed by atoms with van der Waals surface area (Å²) in [6, 6.07) is 8.03. The normalized spacial score (nSPS) is 16.3. The molecule has 0 radical (unpaired) electrons. The van der Waals surface area contributed by atoms with Crippen LogP contribution in [0, 0.1) is 0 Å². The Bertz CT molecular complexity index is 450. The summed E-state index contributed by atoms with van der Waals surface area (Å²) in [4.78, 5) is 15.7. The summed E-state index contributed by atoms with van der Waals surface area (Å²) in [5.41, 5.74) is 7.85. The van der Waals surface area contributed by atoms with Crippen molar-refractivity contribution in [2.45, 2.75) is 6.42 Å². The van der Waals surface area contributed by atoms with Crippen molar-refractivity contribution in [2.24, 2.45) is 0 Å². The Hall–Kier alpha value is -1.81. The number of piperazine rings is 1. The van der Waals surface area contributed by atoms with Gasteiger partial charge in [-0.15, -0.1) is 0 Å². The van der Waals surface area contributed by atoms with Gasteiger partial charge in [-0.2, -0.15) is 0 Å². The van der Waals surface area contributed by atoms with Crippen LogP contribution in [-0.4, -0.2) is 48.4 Å². The van der Waals surface area contributed by atoms with E-state index in [2.05, 4.69) is 17.5 Å². The van der Waals surface area contributed by atoms with Crippen LogP contribution in [0.15, 0.2) is 36.9 Å². The molecular formula is C15H21N3O. The molecule has 1 heterocycles. The fraction of sp³-hybridized carbons (Fsp3) is 0.400. The predicted octanol–water partition coefficient (Wildman–Crippen LogP) is 1.14. The zero-order valence-corrected chi connectivity index (χ0v) is 11.2. The Kier molecular flexibility index (Phi) is 4.58. The maximum absolute atomic E-state index is 11.5. The monoisotopic (exact) mass is 259 g/mol. The van der Waals surface area contributed by atoms with Gasteiger partial charge in [0.2, 0.25) is 5.91 Å². The van der Waals surface area contributed by atoms with E-state index < -0.39 is 0 Å². The predicted molar refractivity (Wildman–Crippen MR) is 77.8 cm³/mol. The molecule has 2 N–H and O–H groups in total. The number of carbonyl (C=O) groups is 1. The first-order valence-corrected chi connectivity index (χ1v) is 6.67. The van der Waals surface area contributed by atoms with E-state index in [4.69, 9.17) is 5.73 Å². The fourth-order valence-electron chi connectivity index (χ4n) is 2.36. The number of nitrogens with zero attached hydrogens (tertiary/aromatic N) is 2. The molecule has 19 heavy (non-hydrogen) atoms. The van der Waals surface area contributed by atoms with Crippen molar-refractivity contribution in [1.29, 1.82) is 0 Å². The number of hydrogen-bond acceptors (Lipinski definition) is 3. The van der Waals surface area contributed by atoms with E-state index in [1.165, 1.54) is 11.6 Å². The van der Waals surface area contributed by atoms with Crippen molar-refractivity contribution in [2.75, 3.05) is 38.5 Å². The zero-order chi connectivity index (χ0) is 13.7. The van der Waals surface area contributed by atoms with Gasteiger partial charge in [0.15, 0.2) is 0 Å². The van der Waals surface area contributed by atoms with Gasteiger partial charge in [0.1, 0.15) is 0 Å². The number of nitrogens with two attached hydrogens (primary N) is 1. The second-order valence-corrected chi connectivity index (χ2v) is 4.87. The van der Waals surface area contributed by atoms with E-state index in [0.29, 0.717) is 0 Å². The number of anilines is 1. The Morgan fingerprint density at radius 1 is 1.32 bits per heavy atom. The zero-order valence-electron chi connectivity index (χ0n) is 11.2. The Morgan fingerprint density at radius 2 is 2.05 bits per heavy atom. The SMILES string of the molecule is C=CC(=O)N1CCN(CCc2cccc(N)c2)CC1. The number of carbonyl (C=O) groups excluding carboxylic acids is 1. The van der Waals surface area contributed by atoms with Gasteiger partial charge in [0.25, 0.3) is 0 Å². The lowest BCUT2D eigenvalue weighted by Gasteiger charge is -2.34. The van der Waals surface area contributed by atoms with Gasteiger partial charge in [0, 0.05) is 38.4 Å². The Labute approximate surface area is 114 Å². The average Bonchev–Trinajstić information content (AvgIpc) is 2.45. The van der Waals surface area contributed by atoms with E-state index in [-0.39, 0.29) is 5.91 Å². The van der Waals surface area contributed by atoms with Crippen LogP contribution < -0.4 is 5.73 Å². The summed E-state index contributed by atoms with van der Waals surface area (Å²) in [5.74, 6) is 0.0375. The molecule has 0 saturated carbocycles. The summed E-state index contributed by atoms with van der Waals surface area (Å²) in [7, 11) is 0. The minimum atomic E-state index is 0.0375. The van der Waals surface area contributed by atoms with Crippen LogP contribution in [0.2, 0.25) is 0 Å². The quantitative estimate of drug-likeness (QED) is 0.651. The average molecular weight is 259 g/mol. The molecule has 0 aromatic heterocycles. The van der Waals surface area contributed by atoms with Gasteiger partial charge in [-0.05, 0) is 30.2 Å². The Balaban J connectivity index is 1.77. The molecule has 0 spiro atoms. The van der Waals surface area contributed by atoms with Crippen molar-refractivity contribution in [1.82, 2.24) is 9.80 Å². The van der Waals surface area contributed by atoms with Gasteiger partial charge in [0.05, 0.1) is 0 Å². The minimum Gasteiger partial charge on any atom is -0.399 e. The first-order valence-electron chi connectivity index (χ1n) is 6.67. The second-order valence-electron chi connectivity index (χ2n) is 4.87. The molecule has 4 heteroatoms. The molecule has 1 aromatic rings. The first kappa shape index (κ1) is 13.6. The van der Waals surface area contributed by atoms with Crippen molar-refractivity contribution < 1.29 is 4.79 Å². The largest absolute Gasteiger partial charge is 0.399 e. The minimum absolute atomic E-state index is 0.0375. The molecule has 4 nitrogen and oxygen atoms in total. The third kappa shape index (κ3) is 3.83. The summed E-state index contributed by atoms with van der Waals surface area (Å²) >= 11 is 0. The number of benzene rings is 1. The highest BCUT2D eigenvalue weighted by Crippen LogP contribution is 2.09. The number of hydrogen-bond donors (Lipinski definition) is 1. The van der Waals surface area contributed by atoms with Crippen LogP contribution in [0.3, 0.4) is 0 Å². The smallest absolute Gasteiger partial charge is 0.246 e. The van der Waals surface area contributed by atoms with Crippen molar-refractivity contribution >= 4 is 11.6 Å². The molecule has 0 bridgehead atoms. The molecule has 1 amide bonds. The van der Waals surface area contributed by atoms with Crippen LogP contribution in [-0.2, 0) is 11.2 Å². The lowest BCUT2D eigenvalue weighted by Crippen LogP contribution is -2.48. The molecule has 1 aliphatic rings. The van der Waals surface area contributed by atoms with E-state index in [9.17, 15) is 4.79 Å². The standard InChI is InChI=1S/C15H21N3O/c1-2-15(19)18-10-8-17(9-11-18)7-6-13-4-3-5-14(16)12-13/h2-5,12H,1,6-11,16H2. The molecule has 1 aromatic carbocycles. The first-order chi connectivity index (χ1) is 9.19. The van der Waals surface area contributed by atoms with Crippen LogP contribution in [0.5, 0.6) is 0 Å². The second kappa shape index (κ2) is 6.38. The van der Waals surface area contributed by atoms with Gasteiger partial charge in [-0.3, -0.25) is 9.69 Å². The van der Waals surface area contributed by atoms with Crippen LogP contribution in [0.25, 0.3) is 0 Å². The lowest BCUT2D eigenvalue weighted by molar-refractivity contribution is -0.127. The van der Waals surface area contributed by atoms with Crippen molar-refractivity contribution in [3.63, 3.8) is 0 Å². The molecular weight excluding hydrogens is 238 g/mol. The van der Waals surface area contributed by atoms with Gasteiger partial charge >= 0.3 is 0 Å². The van der Waals surface area contributed by atoms with E-state index in [0.717, 1.165) is 44.8 Å². The topological polar surface area (TPSA) is 49.6 Å². The van der Waals surface area contributed by atoms with E-state index >= 15 is 0 Å². The summed E-state index contributed by atoms with van der Waals surface area (Å²) in [6.07, 6.45) is 2.39. The maximum Gasteiger partial charge on any atom is 0.246 e. The van der Waals surface area contributed by atoms with E-state index in [1.807, 2.05) is 23.1 Å². The highest BCUT2D eigenvalue weighted by molar-refractivity contribution is 5.87. The molecule has 1 fully saturated rings. The summed E-state index contributed by atoms with van der Waals surface area (Å²) in [5, 5.41) is 0. The third-order valence-corrected chi connectivity index (χ3v) is 3.53. The molecule has 0 atom stereocenters. The molecule has 102 valence electrons. The Morgan fingerprint density at radius 3 is 2.68 bits per heavy atom. The van der Waals surface area contributed by atoms with Gasteiger partial charge in [-0.25, -0.2) is 0 Å². The van der Waals surface area contributed by atoms with Gasteiger partial charge < -0.3 is 10.6 Å². The third-order valence-electron chi connectivity index (χ3n) is 3.53. The molecule has 0 unspecified atom stereocenters. The molecule has 0 aliphatic carbocycles. The van der Waals surface area contributed by atoms with Crippen LogP contribution >= 0.6 is 0 Å². The fourth-order valence-corrected chi connectivity index (χ4v) is 2.36. The summed E-state index contributed by atoms with van der Waals surface area (Å²) in [6.45, 7) is 7.99.